The van der Waals surface area contributed by atoms with Gasteiger partial charge in [0.1, 0.15) is 0 Å². The molecule has 0 fully saturated rings. The van der Waals surface area contributed by atoms with Gasteiger partial charge in [0.05, 0.1) is 18.1 Å². The molecule has 0 aliphatic carbocycles. The third-order valence-electron chi connectivity index (χ3n) is 2.06. The van der Waals surface area contributed by atoms with E-state index in [9.17, 15) is 4.79 Å². The van der Waals surface area contributed by atoms with Crippen molar-refractivity contribution in [3.05, 3.63) is 28.0 Å². The molecule has 0 aromatic carbocycles. The van der Waals surface area contributed by atoms with Crippen LogP contribution >= 0.6 is 11.3 Å². The molecule has 0 bridgehead atoms. The average molecular weight is 194 g/mol. The summed E-state index contributed by atoms with van der Waals surface area (Å²) < 4.78 is 5.33. The van der Waals surface area contributed by atoms with Crippen molar-refractivity contribution in [1.29, 1.82) is 0 Å². The average Bonchev–Trinajstić information content (AvgIpc) is 2.67. The summed E-state index contributed by atoms with van der Waals surface area (Å²) in [6, 6.07) is 1.98. The van der Waals surface area contributed by atoms with E-state index in [4.69, 9.17) is 4.74 Å². The first kappa shape index (κ1) is 8.66. The summed E-state index contributed by atoms with van der Waals surface area (Å²) in [6.07, 6.45) is 4.01. The van der Waals surface area contributed by atoms with Crippen molar-refractivity contribution in [1.82, 2.24) is 0 Å². The molecular formula is C10H10O2S. The molecule has 1 aromatic heterocycles. The fourth-order valence-corrected chi connectivity index (χ4v) is 2.16. The van der Waals surface area contributed by atoms with Crippen molar-refractivity contribution in [2.45, 2.75) is 6.42 Å². The summed E-state index contributed by atoms with van der Waals surface area (Å²) in [5.74, 6) is 0. The maximum atomic E-state index is 10.7. The predicted molar refractivity (Wildman–Crippen MR) is 53.1 cm³/mol. The van der Waals surface area contributed by atoms with Crippen LogP contribution in [0.4, 0.5) is 0 Å². The van der Waals surface area contributed by atoms with Crippen LogP contribution in [-0.2, 0) is 4.74 Å². The van der Waals surface area contributed by atoms with E-state index in [1.54, 1.807) is 0 Å². The van der Waals surface area contributed by atoms with E-state index < -0.39 is 0 Å². The number of aldehydes is 1. The lowest BCUT2D eigenvalue weighted by molar-refractivity contribution is 0.112. The largest absolute Gasteiger partial charge is 0.376 e. The number of carbonyl (C=O) groups is 1. The molecule has 1 aliphatic heterocycles. The van der Waals surface area contributed by atoms with Crippen molar-refractivity contribution < 1.29 is 9.53 Å². The highest BCUT2D eigenvalue weighted by Crippen LogP contribution is 2.25. The SMILES string of the molecule is O=Cc1sccc1C1=CCCOC1. The van der Waals surface area contributed by atoms with E-state index in [1.165, 1.54) is 11.3 Å². The minimum atomic E-state index is 0.636. The molecule has 0 saturated carbocycles. The lowest BCUT2D eigenvalue weighted by Gasteiger charge is -2.12. The van der Waals surface area contributed by atoms with Crippen LogP contribution in [0.5, 0.6) is 0 Å². The predicted octanol–water partition coefficient (Wildman–Crippen LogP) is 2.36. The third kappa shape index (κ3) is 1.71. The quantitative estimate of drug-likeness (QED) is 0.675. The van der Waals surface area contributed by atoms with Crippen LogP contribution in [0.1, 0.15) is 21.7 Å². The summed E-state index contributed by atoms with van der Waals surface area (Å²) >= 11 is 1.48. The molecule has 0 atom stereocenters. The van der Waals surface area contributed by atoms with Crippen LogP contribution in [0, 0.1) is 0 Å². The highest BCUT2D eigenvalue weighted by atomic mass is 32.1. The Bertz CT molecular complexity index is 338. The molecule has 2 nitrogen and oxygen atoms in total. The van der Waals surface area contributed by atoms with Gasteiger partial charge in [-0.25, -0.2) is 0 Å². The Morgan fingerprint density at radius 2 is 2.46 bits per heavy atom. The number of hydrogen-bond acceptors (Lipinski definition) is 3. The Morgan fingerprint density at radius 3 is 3.15 bits per heavy atom. The van der Waals surface area contributed by atoms with Gasteiger partial charge in [0, 0.05) is 5.56 Å². The second kappa shape index (κ2) is 3.85. The number of rotatable bonds is 2. The zero-order valence-electron chi connectivity index (χ0n) is 7.16. The highest BCUT2D eigenvalue weighted by molar-refractivity contribution is 7.12. The molecule has 0 amide bonds. The van der Waals surface area contributed by atoms with Crippen molar-refractivity contribution in [3.63, 3.8) is 0 Å². The van der Waals surface area contributed by atoms with Crippen LogP contribution < -0.4 is 0 Å². The zero-order chi connectivity index (χ0) is 9.10. The van der Waals surface area contributed by atoms with Crippen molar-refractivity contribution in [2.24, 2.45) is 0 Å². The molecule has 0 radical (unpaired) electrons. The molecule has 3 heteroatoms. The summed E-state index contributed by atoms with van der Waals surface area (Å²) in [5.41, 5.74) is 2.19. The maximum Gasteiger partial charge on any atom is 0.160 e. The van der Waals surface area contributed by atoms with Crippen molar-refractivity contribution in [2.75, 3.05) is 13.2 Å². The minimum Gasteiger partial charge on any atom is -0.376 e. The van der Waals surface area contributed by atoms with E-state index in [0.29, 0.717) is 6.61 Å². The lowest BCUT2D eigenvalue weighted by atomic mass is 10.1. The van der Waals surface area contributed by atoms with Crippen LogP contribution in [0.2, 0.25) is 0 Å². The number of hydrogen-bond donors (Lipinski definition) is 0. The Balaban J connectivity index is 2.33. The summed E-state index contributed by atoms with van der Waals surface area (Å²) in [4.78, 5) is 11.5. The summed E-state index contributed by atoms with van der Waals surface area (Å²) in [7, 11) is 0. The van der Waals surface area contributed by atoms with Crippen molar-refractivity contribution >= 4 is 23.2 Å². The van der Waals surface area contributed by atoms with Gasteiger partial charge in [-0.05, 0) is 23.4 Å². The number of thiophene rings is 1. The fourth-order valence-electron chi connectivity index (χ4n) is 1.42. The van der Waals surface area contributed by atoms with Gasteiger partial charge >= 0.3 is 0 Å². The van der Waals surface area contributed by atoms with Gasteiger partial charge < -0.3 is 4.74 Å². The molecule has 13 heavy (non-hydrogen) atoms. The van der Waals surface area contributed by atoms with Gasteiger partial charge in [-0.2, -0.15) is 0 Å². The first-order chi connectivity index (χ1) is 6.42. The van der Waals surface area contributed by atoms with Gasteiger partial charge in [0.25, 0.3) is 0 Å². The summed E-state index contributed by atoms with van der Waals surface area (Å²) in [6.45, 7) is 1.43. The van der Waals surface area contributed by atoms with Crippen molar-refractivity contribution in [3.8, 4) is 0 Å². The minimum absolute atomic E-state index is 0.636. The lowest BCUT2D eigenvalue weighted by Crippen LogP contribution is -2.05. The Labute approximate surface area is 80.8 Å². The van der Waals surface area contributed by atoms with Crippen LogP contribution in [0.25, 0.3) is 5.57 Å². The second-order valence-electron chi connectivity index (χ2n) is 2.89. The molecule has 0 unspecified atom stereocenters. The Morgan fingerprint density at radius 1 is 1.54 bits per heavy atom. The summed E-state index contributed by atoms with van der Waals surface area (Å²) in [5, 5.41) is 1.94. The van der Waals surface area contributed by atoms with Gasteiger partial charge in [0.2, 0.25) is 0 Å². The van der Waals surface area contributed by atoms with E-state index in [-0.39, 0.29) is 0 Å². The van der Waals surface area contributed by atoms with E-state index in [0.717, 1.165) is 35.3 Å². The maximum absolute atomic E-state index is 10.7. The van der Waals surface area contributed by atoms with Gasteiger partial charge in [-0.1, -0.05) is 6.08 Å². The van der Waals surface area contributed by atoms with Crippen LogP contribution in [0.15, 0.2) is 17.5 Å². The third-order valence-corrected chi connectivity index (χ3v) is 2.90. The smallest absolute Gasteiger partial charge is 0.160 e. The normalized spacial score (nSPS) is 16.8. The fraction of sp³-hybridized carbons (Fsp3) is 0.300. The van der Waals surface area contributed by atoms with Crippen LogP contribution in [0.3, 0.4) is 0 Å². The molecule has 1 aromatic rings. The highest BCUT2D eigenvalue weighted by Gasteiger charge is 2.11. The van der Waals surface area contributed by atoms with Crippen LogP contribution in [-0.4, -0.2) is 19.5 Å². The van der Waals surface area contributed by atoms with Gasteiger partial charge in [-0.15, -0.1) is 11.3 Å². The monoisotopic (exact) mass is 194 g/mol. The standard InChI is InChI=1S/C10H10O2S/c11-6-10-9(3-5-13-10)8-2-1-4-12-7-8/h2-3,5-6H,1,4,7H2. The molecule has 2 heterocycles. The Hall–Kier alpha value is -0.930. The molecule has 0 spiro atoms. The van der Waals surface area contributed by atoms with E-state index in [2.05, 4.69) is 6.08 Å². The first-order valence-corrected chi connectivity index (χ1v) is 5.09. The van der Waals surface area contributed by atoms with E-state index in [1.807, 2.05) is 11.4 Å². The second-order valence-corrected chi connectivity index (χ2v) is 3.83. The number of ether oxygens (including phenoxy) is 1. The molecule has 1 aliphatic rings. The van der Waals surface area contributed by atoms with Gasteiger partial charge in [-0.3, -0.25) is 4.79 Å². The van der Waals surface area contributed by atoms with Gasteiger partial charge in [0.15, 0.2) is 6.29 Å². The molecule has 68 valence electrons. The molecule has 0 N–H and O–H groups in total. The molecule has 0 saturated heterocycles. The Kier molecular flexibility index (Phi) is 2.57. The zero-order valence-corrected chi connectivity index (χ0v) is 7.97. The topological polar surface area (TPSA) is 26.3 Å². The number of carbonyl (C=O) groups excluding carboxylic acids is 1. The molecule has 2 rings (SSSR count). The molecular weight excluding hydrogens is 184 g/mol. The first-order valence-electron chi connectivity index (χ1n) is 4.21. The van der Waals surface area contributed by atoms with E-state index >= 15 is 0 Å².